The van der Waals surface area contributed by atoms with E-state index in [0.717, 1.165) is 38.8 Å². The van der Waals surface area contributed by atoms with Gasteiger partial charge < -0.3 is 14.9 Å². The van der Waals surface area contributed by atoms with E-state index in [2.05, 4.69) is 11.8 Å². The van der Waals surface area contributed by atoms with Gasteiger partial charge in [-0.1, -0.05) is 6.92 Å². The maximum absolute atomic E-state index is 11.9. The van der Waals surface area contributed by atoms with Crippen molar-refractivity contribution in [1.82, 2.24) is 4.90 Å². The molecule has 0 aromatic carbocycles. The maximum atomic E-state index is 11.9. The first-order chi connectivity index (χ1) is 10.9. The number of carbonyl (C=O) groups is 1. The first-order valence-electron chi connectivity index (χ1n) is 9.21. The van der Waals surface area contributed by atoms with Crippen LogP contribution in [0.1, 0.15) is 46.0 Å². The lowest BCUT2D eigenvalue weighted by Crippen LogP contribution is -2.90. The molecule has 5 nitrogen and oxygen atoms in total. The number of nitrogens with zero attached hydrogens (tertiary/aromatic N) is 1. The highest BCUT2D eigenvalue weighted by Crippen LogP contribution is 2.80. The van der Waals surface area contributed by atoms with Crippen molar-refractivity contribution in [3.63, 3.8) is 0 Å². The number of rotatable bonds is 1. The zero-order chi connectivity index (χ0) is 16.2. The van der Waals surface area contributed by atoms with Crippen LogP contribution in [0.3, 0.4) is 0 Å². The first kappa shape index (κ1) is 14.7. The number of hydrogen-bond acceptors (Lipinski definition) is 5. The van der Waals surface area contributed by atoms with Gasteiger partial charge in [0, 0.05) is 24.2 Å². The fourth-order valence-electron chi connectivity index (χ4n) is 7.85. The van der Waals surface area contributed by atoms with Gasteiger partial charge in [-0.3, -0.25) is 9.69 Å². The van der Waals surface area contributed by atoms with Crippen LogP contribution in [0.4, 0.5) is 0 Å². The molecule has 3 aliphatic carbocycles. The Kier molecular flexibility index (Phi) is 2.63. The summed E-state index contributed by atoms with van der Waals surface area (Å²) in [5.74, 6) is -0.0556. The van der Waals surface area contributed by atoms with E-state index in [9.17, 15) is 15.0 Å². The summed E-state index contributed by atoms with van der Waals surface area (Å²) in [6.07, 6.45) is 4.05. The Balaban J connectivity index is 1.66. The molecule has 5 rings (SSSR count). The third kappa shape index (κ3) is 1.27. The first-order valence-corrected chi connectivity index (χ1v) is 9.21. The predicted octanol–water partition coefficient (Wildman–Crippen LogP) is 0.924. The minimum absolute atomic E-state index is 0.121. The molecule has 2 aliphatic heterocycles. The summed E-state index contributed by atoms with van der Waals surface area (Å²) in [5, 5.41) is 22.8. The quantitative estimate of drug-likeness (QED) is 0.703. The summed E-state index contributed by atoms with van der Waals surface area (Å²) >= 11 is 0. The van der Waals surface area contributed by atoms with Crippen molar-refractivity contribution >= 4 is 5.97 Å². The third-order valence-electron chi connectivity index (χ3n) is 8.54. The van der Waals surface area contributed by atoms with E-state index in [4.69, 9.17) is 4.74 Å². The molecule has 128 valence electrons. The summed E-state index contributed by atoms with van der Waals surface area (Å²) in [4.78, 5) is 14.1. The van der Waals surface area contributed by atoms with Gasteiger partial charge in [0.15, 0.2) is 0 Å². The summed E-state index contributed by atoms with van der Waals surface area (Å²) in [5.41, 5.74) is -1.18. The van der Waals surface area contributed by atoms with Crippen LogP contribution in [0, 0.1) is 23.2 Å². The summed E-state index contributed by atoms with van der Waals surface area (Å²) in [7, 11) is 0. The van der Waals surface area contributed by atoms with Gasteiger partial charge in [-0.2, -0.15) is 0 Å². The molecule has 5 aliphatic rings. The van der Waals surface area contributed by atoms with Gasteiger partial charge in [0.2, 0.25) is 0 Å². The zero-order valence-corrected chi connectivity index (χ0v) is 14.0. The molecule has 0 unspecified atom stereocenters. The van der Waals surface area contributed by atoms with Gasteiger partial charge >= 0.3 is 5.97 Å². The van der Waals surface area contributed by atoms with E-state index in [0.29, 0.717) is 6.42 Å². The van der Waals surface area contributed by atoms with E-state index >= 15 is 0 Å². The number of ether oxygens (including phenoxy) is 1. The molecule has 2 saturated heterocycles. The highest BCUT2D eigenvalue weighted by atomic mass is 16.5. The van der Waals surface area contributed by atoms with Crippen molar-refractivity contribution in [2.24, 2.45) is 23.2 Å². The molecule has 5 fully saturated rings. The van der Waals surface area contributed by atoms with Crippen LogP contribution >= 0.6 is 0 Å². The van der Waals surface area contributed by atoms with E-state index in [1.54, 1.807) is 0 Å². The largest absolute Gasteiger partial charge is 0.462 e. The average Bonchev–Trinajstić information content (AvgIpc) is 2.67. The van der Waals surface area contributed by atoms with Crippen LogP contribution in [-0.4, -0.2) is 57.5 Å². The van der Waals surface area contributed by atoms with Crippen LogP contribution in [0.5, 0.6) is 0 Å². The van der Waals surface area contributed by atoms with E-state index in [-0.39, 0.29) is 40.8 Å². The highest BCUT2D eigenvalue weighted by Gasteiger charge is 2.89. The number of carbonyl (C=O) groups excluding carboxylic acids is 1. The Bertz CT molecular complexity index is 581. The van der Waals surface area contributed by atoms with E-state index < -0.39 is 11.7 Å². The van der Waals surface area contributed by atoms with Gasteiger partial charge in [-0.25, -0.2) is 0 Å². The summed E-state index contributed by atoms with van der Waals surface area (Å²) in [6, 6.07) is 0. The highest BCUT2D eigenvalue weighted by molar-refractivity contribution is 5.66. The molecular weight excluding hydrogens is 294 g/mol. The van der Waals surface area contributed by atoms with Crippen LogP contribution in [0.15, 0.2) is 0 Å². The molecule has 2 N–H and O–H groups in total. The molecule has 8 atom stereocenters. The average molecular weight is 321 g/mol. The molecule has 0 amide bonds. The monoisotopic (exact) mass is 321 g/mol. The van der Waals surface area contributed by atoms with Crippen LogP contribution in [-0.2, 0) is 9.53 Å². The molecule has 0 aromatic heterocycles. The van der Waals surface area contributed by atoms with E-state index in [1.807, 2.05) is 0 Å². The Labute approximate surface area is 137 Å². The van der Waals surface area contributed by atoms with Crippen LogP contribution in [0.25, 0.3) is 0 Å². The Hall–Kier alpha value is -0.650. The van der Waals surface area contributed by atoms with Crippen LogP contribution < -0.4 is 0 Å². The SMILES string of the molecule is CC(=O)O[C@@H]1C[C@@H]2[C@H](O)[C@@H](C)[C@]34CCN5CCC[C@H]1[C@@]5(C3)[C@@]24O. The smallest absolute Gasteiger partial charge is 0.302 e. The topological polar surface area (TPSA) is 70.0 Å². The van der Waals surface area contributed by atoms with Crippen molar-refractivity contribution < 1.29 is 19.7 Å². The second-order valence-corrected chi connectivity index (χ2v) is 8.78. The lowest BCUT2D eigenvalue weighted by Gasteiger charge is -2.80. The molecule has 2 spiro atoms. The van der Waals surface area contributed by atoms with Crippen LogP contribution in [0.2, 0.25) is 0 Å². The summed E-state index contributed by atoms with van der Waals surface area (Å²) < 4.78 is 5.70. The van der Waals surface area contributed by atoms with Gasteiger partial charge in [0.1, 0.15) is 6.10 Å². The molecule has 0 aromatic rings. The fourth-order valence-corrected chi connectivity index (χ4v) is 7.85. The number of aliphatic hydroxyl groups excluding tert-OH is 1. The maximum Gasteiger partial charge on any atom is 0.302 e. The number of piperidine rings is 3. The zero-order valence-electron chi connectivity index (χ0n) is 14.0. The molecular formula is C18H27NO4. The molecule has 2 bridgehead atoms. The van der Waals surface area contributed by atoms with Crippen molar-refractivity contribution in [3.05, 3.63) is 0 Å². The molecule has 3 saturated carbocycles. The second kappa shape index (κ2) is 4.12. The Morgan fingerprint density at radius 3 is 2.83 bits per heavy atom. The molecule has 0 radical (unpaired) electrons. The lowest BCUT2D eigenvalue weighted by molar-refractivity contribution is -0.369. The number of esters is 1. The number of aliphatic hydroxyl groups is 2. The van der Waals surface area contributed by atoms with Crippen molar-refractivity contribution in [1.29, 1.82) is 0 Å². The normalized spacial score (nSPS) is 59.9. The van der Waals surface area contributed by atoms with Gasteiger partial charge in [0.25, 0.3) is 0 Å². The second-order valence-electron chi connectivity index (χ2n) is 8.78. The minimum atomic E-state index is -0.793. The molecule has 2 heterocycles. The van der Waals surface area contributed by atoms with Crippen molar-refractivity contribution in [3.8, 4) is 0 Å². The molecule has 5 heteroatoms. The molecule has 23 heavy (non-hydrogen) atoms. The fraction of sp³-hybridized carbons (Fsp3) is 0.944. The Morgan fingerprint density at radius 1 is 1.30 bits per heavy atom. The third-order valence-corrected chi connectivity index (χ3v) is 8.54. The van der Waals surface area contributed by atoms with Crippen molar-refractivity contribution in [2.75, 3.05) is 13.1 Å². The summed E-state index contributed by atoms with van der Waals surface area (Å²) in [6.45, 7) is 5.62. The minimum Gasteiger partial charge on any atom is -0.462 e. The van der Waals surface area contributed by atoms with Gasteiger partial charge in [0.05, 0.1) is 17.2 Å². The number of hydrogen-bond donors (Lipinski definition) is 2. The van der Waals surface area contributed by atoms with E-state index in [1.165, 1.54) is 6.92 Å². The van der Waals surface area contributed by atoms with Gasteiger partial charge in [-0.05, 0) is 51.1 Å². The lowest BCUT2D eigenvalue weighted by atomic mass is 9.34. The predicted molar refractivity (Wildman–Crippen MR) is 82.5 cm³/mol. The van der Waals surface area contributed by atoms with Crippen molar-refractivity contribution in [2.45, 2.75) is 69.3 Å². The van der Waals surface area contributed by atoms with Gasteiger partial charge in [-0.15, -0.1) is 0 Å². The Morgan fingerprint density at radius 2 is 2.09 bits per heavy atom. The standard InChI is InChI=1S/C18H27NO4/c1-10-15(21)13-8-14(23-11(2)20)12-4-3-6-19-7-5-16(10)9-17(12,19)18(13,16)22/h10,12-15,21-22H,3-9H2,1-2H3/t10-,12-,13-,14-,15-,16+,17+,18-/m1/s1.